The van der Waals surface area contributed by atoms with E-state index in [0.717, 1.165) is 5.56 Å². The van der Waals surface area contributed by atoms with Gasteiger partial charge in [-0.25, -0.2) is 4.39 Å². The molecule has 0 unspecified atom stereocenters. The molecule has 0 spiro atoms. The summed E-state index contributed by atoms with van der Waals surface area (Å²) in [5, 5.41) is 0. The normalized spacial score (nSPS) is 11.5. The van der Waals surface area contributed by atoms with Crippen LogP contribution in [-0.2, 0) is 20.9 Å². The van der Waals surface area contributed by atoms with E-state index in [-0.39, 0.29) is 18.0 Å². The van der Waals surface area contributed by atoms with E-state index in [9.17, 15) is 14.0 Å². The zero-order valence-electron chi connectivity index (χ0n) is 14.9. The quantitative estimate of drug-likeness (QED) is 0.410. The Bertz CT molecular complexity index is 770. The third kappa shape index (κ3) is 6.99. The summed E-state index contributed by atoms with van der Waals surface area (Å²) in [5.41, 5.74) is 1.84. The van der Waals surface area contributed by atoms with Gasteiger partial charge in [-0.05, 0) is 43.3 Å². The number of likely N-dealkylation sites (N-methyl/N-ethyl adjacent to an activating group) is 1. The average Bonchev–Trinajstić information content (AvgIpc) is 2.57. The van der Waals surface area contributed by atoms with Crippen molar-refractivity contribution in [2.45, 2.75) is 19.9 Å². The third-order valence-corrected chi connectivity index (χ3v) is 3.56. The first-order valence-corrected chi connectivity index (χ1v) is 8.31. The number of rotatable bonds is 8. The molecule has 26 heavy (non-hydrogen) atoms. The smallest absolute Gasteiger partial charge is 0.318 e. The molecule has 0 aliphatic rings. The van der Waals surface area contributed by atoms with Crippen LogP contribution in [0.5, 0.6) is 0 Å². The number of ketones is 1. The van der Waals surface area contributed by atoms with Crippen LogP contribution in [0.3, 0.4) is 0 Å². The number of hydrogen-bond acceptors (Lipinski definition) is 4. The van der Waals surface area contributed by atoms with Crippen LogP contribution in [0.15, 0.2) is 60.4 Å². The van der Waals surface area contributed by atoms with Crippen molar-refractivity contribution in [3.8, 4) is 0 Å². The number of carbonyl (C=O) groups excluding carboxylic acids is 2. The van der Waals surface area contributed by atoms with E-state index >= 15 is 0 Å². The van der Waals surface area contributed by atoms with Gasteiger partial charge in [0, 0.05) is 6.54 Å². The highest BCUT2D eigenvalue weighted by Gasteiger charge is 2.12. The lowest BCUT2D eigenvalue weighted by atomic mass is 10.2. The van der Waals surface area contributed by atoms with Gasteiger partial charge in [0.05, 0.1) is 6.54 Å². The summed E-state index contributed by atoms with van der Waals surface area (Å²) >= 11 is 0. The second-order valence-electron chi connectivity index (χ2n) is 6.17. The minimum absolute atomic E-state index is 0.256. The summed E-state index contributed by atoms with van der Waals surface area (Å²) in [4.78, 5) is 25.0. The number of Topliss-reactive ketones (excluding diaryl/α,β-unsaturated/α-hetero) is 1. The van der Waals surface area contributed by atoms with Gasteiger partial charge in [0.15, 0.2) is 0 Å². The standard InChI is InChI=1S/C21H22FNO3/c1-16(24)12-21(25)26-20(13-17-8-10-19(22)11-9-17)15-23(2)14-18-6-4-3-5-7-18/h3-11,13H,12,14-15H2,1-2H3/b20-13-. The Morgan fingerprint density at radius 2 is 1.73 bits per heavy atom. The first kappa shape index (κ1) is 19.5. The number of halogens is 1. The number of hydrogen-bond donors (Lipinski definition) is 0. The monoisotopic (exact) mass is 355 g/mol. The fourth-order valence-corrected chi connectivity index (χ4v) is 2.45. The Hall–Kier alpha value is -2.79. The van der Waals surface area contributed by atoms with Gasteiger partial charge in [0.1, 0.15) is 23.8 Å². The van der Waals surface area contributed by atoms with E-state index in [1.54, 1.807) is 18.2 Å². The summed E-state index contributed by atoms with van der Waals surface area (Å²) in [6.45, 7) is 2.38. The van der Waals surface area contributed by atoms with Gasteiger partial charge in [-0.15, -0.1) is 0 Å². The topological polar surface area (TPSA) is 46.6 Å². The van der Waals surface area contributed by atoms with Crippen molar-refractivity contribution in [1.82, 2.24) is 4.90 Å². The van der Waals surface area contributed by atoms with Crippen LogP contribution in [0, 0.1) is 5.82 Å². The van der Waals surface area contributed by atoms with Crippen LogP contribution in [0.4, 0.5) is 4.39 Å². The van der Waals surface area contributed by atoms with Gasteiger partial charge in [0.2, 0.25) is 0 Å². The number of benzene rings is 2. The molecule has 0 aliphatic carbocycles. The fourth-order valence-electron chi connectivity index (χ4n) is 2.45. The minimum atomic E-state index is -0.598. The molecule has 136 valence electrons. The lowest BCUT2D eigenvalue weighted by Gasteiger charge is -2.19. The predicted octanol–water partition coefficient (Wildman–Crippen LogP) is 3.82. The molecule has 0 saturated heterocycles. The van der Waals surface area contributed by atoms with Crippen molar-refractivity contribution >= 4 is 17.8 Å². The highest BCUT2D eigenvalue weighted by atomic mass is 19.1. The van der Waals surface area contributed by atoms with Crippen molar-refractivity contribution in [1.29, 1.82) is 0 Å². The van der Waals surface area contributed by atoms with Crippen molar-refractivity contribution in [3.05, 3.63) is 77.3 Å². The first-order chi connectivity index (χ1) is 12.4. The molecule has 2 aromatic carbocycles. The van der Waals surface area contributed by atoms with Crippen molar-refractivity contribution < 1.29 is 18.7 Å². The summed E-state index contributed by atoms with van der Waals surface area (Å²) in [6, 6.07) is 15.8. The Labute approximate surface area is 152 Å². The van der Waals surface area contributed by atoms with E-state index in [2.05, 4.69) is 0 Å². The molecule has 0 fully saturated rings. The molecular formula is C21H22FNO3. The minimum Gasteiger partial charge on any atom is -0.429 e. The molecule has 0 N–H and O–H groups in total. The molecular weight excluding hydrogens is 333 g/mol. The van der Waals surface area contributed by atoms with E-state index in [1.165, 1.54) is 19.1 Å². The molecule has 0 atom stereocenters. The Kier molecular flexibility index (Phi) is 7.24. The number of ether oxygens (including phenoxy) is 1. The lowest BCUT2D eigenvalue weighted by Crippen LogP contribution is -2.23. The molecule has 4 nitrogen and oxygen atoms in total. The molecule has 0 bridgehead atoms. The summed E-state index contributed by atoms with van der Waals surface area (Å²) in [6.07, 6.45) is 1.40. The average molecular weight is 355 g/mol. The largest absolute Gasteiger partial charge is 0.429 e. The van der Waals surface area contributed by atoms with Crippen LogP contribution in [-0.4, -0.2) is 30.2 Å². The summed E-state index contributed by atoms with van der Waals surface area (Å²) < 4.78 is 18.4. The Morgan fingerprint density at radius 1 is 1.08 bits per heavy atom. The van der Waals surface area contributed by atoms with Crippen LogP contribution in [0.25, 0.3) is 6.08 Å². The molecule has 0 saturated carbocycles. The number of carbonyl (C=O) groups is 2. The Balaban J connectivity index is 2.12. The van der Waals surface area contributed by atoms with Gasteiger partial charge >= 0.3 is 5.97 Å². The highest BCUT2D eigenvalue weighted by molar-refractivity contribution is 5.94. The zero-order valence-corrected chi connectivity index (χ0v) is 14.9. The summed E-state index contributed by atoms with van der Waals surface area (Å²) in [7, 11) is 1.91. The van der Waals surface area contributed by atoms with Crippen molar-refractivity contribution in [3.63, 3.8) is 0 Å². The summed E-state index contributed by atoms with van der Waals surface area (Å²) in [5.74, 6) is -0.785. The van der Waals surface area contributed by atoms with E-state index in [0.29, 0.717) is 24.4 Å². The van der Waals surface area contributed by atoms with Crippen LogP contribution >= 0.6 is 0 Å². The number of esters is 1. The molecule has 0 radical (unpaired) electrons. The molecule has 2 aromatic rings. The second-order valence-corrected chi connectivity index (χ2v) is 6.17. The Morgan fingerprint density at radius 3 is 2.35 bits per heavy atom. The van der Waals surface area contributed by atoms with Gasteiger partial charge < -0.3 is 4.74 Å². The highest BCUT2D eigenvalue weighted by Crippen LogP contribution is 2.13. The van der Waals surface area contributed by atoms with Crippen LogP contribution in [0.1, 0.15) is 24.5 Å². The zero-order chi connectivity index (χ0) is 18.9. The third-order valence-electron chi connectivity index (χ3n) is 3.56. The van der Waals surface area contributed by atoms with Gasteiger partial charge in [-0.2, -0.15) is 0 Å². The van der Waals surface area contributed by atoms with Crippen LogP contribution < -0.4 is 0 Å². The first-order valence-electron chi connectivity index (χ1n) is 8.31. The molecule has 0 aliphatic heterocycles. The molecule has 0 amide bonds. The second kappa shape index (κ2) is 9.63. The molecule has 5 heteroatoms. The maximum absolute atomic E-state index is 13.1. The maximum atomic E-state index is 13.1. The molecule has 0 heterocycles. The van der Waals surface area contributed by atoms with Crippen molar-refractivity contribution in [2.24, 2.45) is 0 Å². The number of nitrogens with zero attached hydrogens (tertiary/aromatic N) is 1. The van der Waals surface area contributed by atoms with E-state index in [1.807, 2.05) is 42.3 Å². The van der Waals surface area contributed by atoms with E-state index in [4.69, 9.17) is 4.74 Å². The molecule has 2 rings (SSSR count). The predicted molar refractivity (Wildman–Crippen MR) is 98.5 cm³/mol. The van der Waals surface area contributed by atoms with Gasteiger partial charge in [-0.3, -0.25) is 14.5 Å². The molecule has 0 aromatic heterocycles. The maximum Gasteiger partial charge on any atom is 0.318 e. The SMILES string of the molecule is CC(=O)CC(=O)O/C(=C\c1ccc(F)cc1)CN(C)Cc1ccccc1. The van der Waals surface area contributed by atoms with Crippen LogP contribution in [0.2, 0.25) is 0 Å². The van der Waals surface area contributed by atoms with Crippen molar-refractivity contribution in [2.75, 3.05) is 13.6 Å². The van der Waals surface area contributed by atoms with Gasteiger partial charge in [-0.1, -0.05) is 42.5 Å². The van der Waals surface area contributed by atoms with E-state index < -0.39 is 5.97 Å². The fraction of sp³-hybridized carbons (Fsp3) is 0.238. The van der Waals surface area contributed by atoms with Gasteiger partial charge in [0.25, 0.3) is 0 Å². The lowest BCUT2D eigenvalue weighted by molar-refractivity contribution is -0.142.